The SMILES string of the molecule is Cc1cc(C#N)nc(Oc2cccc([N+](=O)[O-])c2C)n1. The zero-order chi connectivity index (χ0) is 14.7. The first-order chi connectivity index (χ1) is 9.51. The molecule has 0 saturated carbocycles. The van der Waals surface area contributed by atoms with E-state index in [-0.39, 0.29) is 23.1 Å². The Balaban J connectivity index is 2.41. The highest BCUT2D eigenvalue weighted by atomic mass is 16.6. The Kier molecular flexibility index (Phi) is 3.57. The van der Waals surface area contributed by atoms with Gasteiger partial charge >= 0.3 is 6.01 Å². The average molecular weight is 270 g/mol. The third-order valence-corrected chi connectivity index (χ3v) is 2.60. The zero-order valence-electron chi connectivity index (χ0n) is 10.8. The van der Waals surface area contributed by atoms with E-state index in [9.17, 15) is 10.1 Å². The maximum atomic E-state index is 10.9. The molecule has 7 heteroatoms. The number of rotatable bonds is 3. The predicted molar refractivity (Wildman–Crippen MR) is 69.4 cm³/mol. The molecule has 100 valence electrons. The minimum atomic E-state index is -0.486. The lowest BCUT2D eigenvalue weighted by Gasteiger charge is -2.07. The van der Waals surface area contributed by atoms with Crippen LogP contribution in [0.2, 0.25) is 0 Å². The molecule has 0 spiro atoms. The highest BCUT2D eigenvalue weighted by Crippen LogP contribution is 2.29. The van der Waals surface area contributed by atoms with Crippen LogP contribution in [-0.4, -0.2) is 14.9 Å². The van der Waals surface area contributed by atoms with Crippen LogP contribution in [0.15, 0.2) is 24.3 Å². The highest BCUT2D eigenvalue weighted by molar-refractivity contribution is 5.49. The first kappa shape index (κ1) is 13.4. The van der Waals surface area contributed by atoms with Crippen LogP contribution in [0.1, 0.15) is 17.0 Å². The van der Waals surface area contributed by atoms with Gasteiger partial charge in [0.05, 0.1) is 10.5 Å². The van der Waals surface area contributed by atoms with Gasteiger partial charge in [-0.25, -0.2) is 4.98 Å². The number of aryl methyl sites for hydroxylation is 1. The number of nitrogens with zero attached hydrogens (tertiary/aromatic N) is 4. The summed E-state index contributed by atoms with van der Waals surface area (Å²) in [5, 5.41) is 19.7. The molecule has 20 heavy (non-hydrogen) atoms. The fourth-order valence-corrected chi connectivity index (χ4v) is 1.65. The van der Waals surface area contributed by atoms with Crippen LogP contribution < -0.4 is 4.74 Å². The Morgan fingerprint density at radius 1 is 1.35 bits per heavy atom. The van der Waals surface area contributed by atoms with Gasteiger partial charge in [-0.1, -0.05) is 6.07 Å². The van der Waals surface area contributed by atoms with Gasteiger partial charge in [0, 0.05) is 11.8 Å². The lowest BCUT2D eigenvalue weighted by atomic mass is 10.2. The van der Waals surface area contributed by atoms with Crippen molar-refractivity contribution in [2.45, 2.75) is 13.8 Å². The molecule has 1 aromatic carbocycles. The molecule has 0 atom stereocenters. The zero-order valence-corrected chi connectivity index (χ0v) is 10.8. The molecule has 0 bridgehead atoms. The van der Waals surface area contributed by atoms with Gasteiger partial charge in [-0.2, -0.15) is 10.2 Å². The van der Waals surface area contributed by atoms with Gasteiger partial charge in [-0.3, -0.25) is 10.1 Å². The standard InChI is InChI=1S/C13H10N4O3/c1-8-6-10(7-14)16-13(15-8)20-12-5-3-4-11(9(12)2)17(18)19/h3-6H,1-2H3. The fraction of sp³-hybridized carbons (Fsp3) is 0.154. The summed E-state index contributed by atoms with van der Waals surface area (Å²) in [5.41, 5.74) is 1.09. The topological polar surface area (TPSA) is 102 Å². The van der Waals surface area contributed by atoms with E-state index >= 15 is 0 Å². The second-order valence-electron chi connectivity index (χ2n) is 4.05. The van der Waals surface area contributed by atoms with Gasteiger partial charge in [0.2, 0.25) is 0 Å². The number of hydrogen-bond donors (Lipinski definition) is 0. The van der Waals surface area contributed by atoms with Crippen LogP contribution in [0.25, 0.3) is 0 Å². The van der Waals surface area contributed by atoms with Crippen LogP contribution >= 0.6 is 0 Å². The van der Waals surface area contributed by atoms with Crippen LogP contribution in [0.3, 0.4) is 0 Å². The van der Waals surface area contributed by atoms with E-state index in [4.69, 9.17) is 10.00 Å². The van der Waals surface area contributed by atoms with Crippen LogP contribution in [-0.2, 0) is 0 Å². The molecule has 0 aliphatic carbocycles. The average Bonchev–Trinajstić information content (AvgIpc) is 2.40. The lowest BCUT2D eigenvalue weighted by Crippen LogP contribution is -1.99. The molecule has 0 aliphatic rings. The number of benzene rings is 1. The number of aromatic nitrogens is 2. The Labute approximate surface area is 114 Å². The van der Waals surface area contributed by atoms with Gasteiger partial charge in [-0.05, 0) is 26.0 Å². The van der Waals surface area contributed by atoms with Crippen LogP contribution in [0.4, 0.5) is 5.69 Å². The number of ether oxygens (including phenoxy) is 1. The van der Waals surface area contributed by atoms with Crippen molar-refractivity contribution in [1.29, 1.82) is 5.26 Å². The van der Waals surface area contributed by atoms with Crippen molar-refractivity contribution in [3.05, 3.63) is 51.3 Å². The minimum Gasteiger partial charge on any atom is -0.424 e. The number of hydrogen-bond acceptors (Lipinski definition) is 6. The summed E-state index contributed by atoms with van der Waals surface area (Å²) in [5.74, 6) is 0.286. The van der Waals surface area contributed by atoms with Crippen LogP contribution in [0, 0.1) is 35.3 Å². The smallest absolute Gasteiger partial charge is 0.323 e. The van der Waals surface area contributed by atoms with Crippen molar-refractivity contribution in [2.24, 2.45) is 0 Å². The molecule has 0 unspecified atom stereocenters. The molecular formula is C13H10N4O3. The second kappa shape index (κ2) is 5.32. The number of nitro groups is 1. The maximum Gasteiger partial charge on any atom is 0.323 e. The van der Waals surface area contributed by atoms with E-state index in [1.807, 2.05) is 6.07 Å². The van der Waals surface area contributed by atoms with Gasteiger partial charge in [-0.15, -0.1) is 0 Å². The first-order valence-corrected chi connectivity index (χ1v) is 5.69. The second-order valence-corrected chi connectivity index (χ2v) is 4.05. The number of nitriles is 1. The van der Waals surface area contributed by atoms with Crippen molar-refractivity contribution < 1.29 is 9.66 Å². The van der Waals surface area contributed by atoms with E-state index in [2.05, 4.69) is 9.97 Å². The molecule has 2 aromatic rings. The molecule has 0 N–H and O–H groups in total. The lowest BCUT2D eigenvalue weighted by molar-refractivity contribution is -0.385. The van der Waals surface area contributed by atoms with Crippen LogP contribution in [0.5, 0.6) is 11.8 Å². The Hall–Kier alpha value is -3.01. The molecule has 1 heterocycles. The summed E-state index contributed by atoms with van der Waals surface area (Å²) in [6.45, 7) is 3.28. The van der Waals surface area contributed by atoms with E-state index in [1.54, 1.807) is 19.9 Å². The Bertz CT molecular complexity index is 722. The third-order valence-electron chi connectivity index (χ3n) is 2.60. The molecule has 1 aromatic heterocycles. The van der Waals surface area contributed by atoms with E-state index < -0.39 is 4.92 Å². The molecule has 7 nitrogen and oxygen atoms in total. The summed E-state index contributed by atoms with van der Waals surface area (Å²) in [7, 11) is 0. The van der Waals surface area contributed by atoms with E-state index in [1.165, 1.54) is 18.2 Å². The summed E-state index contributed by atoms with van der Waals surface area (Å²) in [6, 6.07) is 7.90. The molecule has 0 amide bonds. The monoisotopic (exact) mass is 270 g/mol. The Morgan fingerprint density at radius 3 is 2.75 bits per heavy atom. The third kappa shape index (κ3) is 2.70. The first-order valence-electron chi connectivity index (χ1n) is 5.69. The number of nitro benzene ring substituents is 1. The summed E-state index contributed by atoms with van der Waals surface area (Å²) < 4.78 is 5.45. The summed E-state index contributed by atoms with van der Waals surface area (Å²) in [6.07, 6.45) is 0. The molecule has 0 aliphatic heterocycles. The molecule has 2 rings (SSSR count). The minimum absolute atomic E-state index is 0.00912. The largest absolute Gasteiger partial charge is 0.424 e. The summed E-state index contributed by atoms with van der Waals surface area (Å²) >= 11 is 0. The van der Waals surface area contributed by atoms with Crippen molar-refractivity contribution >= 4 is 5.69 Å². The van der Waals surface area contributed by atoms with Gasteiger partial charge in [0.15, 0.2) is 0 Å². The van der Waals surface area contributed by atoms with Crippen molar-refractivity contribution in [3.63, 3.8) is 0 Å². The van der Waals surface area contributed by atoms with E-state index in [0.29, 0.717) is 11.3 Å². The van der Waals surface area contributed by atoms with Gasteiger partial charge < -0.3 is 4.74 Å². The van der Waals surface area contributed by atoms with Crippen molar-refractivity contribution in [1.82, 2.24) is 9.97 Å². The maximum absolute atomic E-state index is 10.9. The summed E-state index contributed by atoms with van der Waals surface area (Å²) in [4.78, 5) is 18.3. The normalized spacial score (nSPS) is 9.85. The predicted octanol–water partition coefficient (Wildman–Crippen LogP) is 2.67. The molecule has 0 radical (unpaired) electrons. The van der Waals surface area contributed by atoms with Gasteiger partial charge in [0.25, 0.3) is 5.69 Å². The van der Waals surface area contributed by atoms with Crippen molar-refractivity contribution in [2.75, 3.05) is 0 Å². The molecular weight excluding hydrogens is 260 g/mol. The fourth-order valence-electron chi connectivity index (χ4n) is 1.65. The van der Waals surface area contributed by atoms with E-state index in [0.717, 1.165) is 0 Å². The molecule has 0 fully saturated rings. The van der Waals surface area contributed by atoms with Crippen molar-refractivity contribution in [3.8, 4) is 17.8 Å². The molecule has 0 saturated heterocycles. The Morgan fingerprint density at radius 2 is 2.10 bits per heavy atom. The van der Waals surface area contributed by atoms with Gasteiger partial charge in [0.1, 0.15) is 17.5 Å². The highest BCUT2D eigenvalue weighted by Gasteiger charge is 2.15. The quantitative estimate of drug-likeness (QED) is 0.627.